The molecule has 0 unspecified atom stereocenters. The van der Waals surface area contributed by atoms with Crippen molar-refractivity contribution in [1.29, 1.82) is 0 Å². The first kappa shape index (κ1) is 14.6. The second-order valence-electron chi connectivity index (χ2n) is 5.02. The SMILES string of the molecule is CCNc1nnc(-c2cc(C)nn(CC(C)C)c2=O)s1. The Morgan fingerprint density at radius 2 is 2.15 bits per heavy atom. The fourth-order valence-electron chi connectivity index (χ4n) is 1.85. The summed E-state index contributed by atoms with van der Waals surface area (Å²) in [5, 5.41) is 16.9. The summed E-state index contributed by atoms with van der Waals surface area (Å²) in [6.45, 7) is 9.38. The van der Waals surface area contributed by atoms with Crippen molar-refractivity contribution in [2.24, 2.45) is 5.92 Å². The second-order valence-corrected chi connectivity index (χ2v) is 6.00. The van der Waals surface area contributed by atoms with Crippen LogP contribution >= 0.6 is 11.3 Å². The van der Waals surface area contributed by atoms with Crippen molar-refractivity contribution < 1.29 is 0 Å². The molecule has 0 spiro atoms. The molecule has 0 atom stereocenters. The first-order valence-electron chi connectivity index (χ1n) is 6.67. The molecule has 108 valence electrons. The Bertz CT molecular complexity index is 646. The minimum atomic E-state index is -0.108. The van der Waals surface area contributed by atoms with E-state index in [2.05, 4.69) is 34.5 Å². The van der Waals surface area contributed by atoms with Crippen LogP contribution in [0.2, 0.25) is 0 Å². The van der Waals surface area contributed by atoms with Crippen LogP contribution in [0, 0.1) is 12.8 Å². The van der Waals surface area contributed by atoms with E-state index in [1.807, 2.05) is 13.8 Å². The molecule has 0 saturated heterocycles. The molecule has 20 heavy (non-hydrogen) atoms. The standard InChI is InChI=1S/C13H19N5OS/c1-5-14-13-16-15-11(20-13)10-6-9(4)17-18(12(10)19)7-8(2)3/h6,8H,5,7H2,1-4H3,(H,14,16). The fourth-order valence-corrected chi connectivity index (χ4v) is 2.67. The van der Waals surface area contributed by atoms with Gasteiger partial charge in [-0.05, 0) is 25.8 Å². The van der Waals surface area contributed by atoms with E-state index >= 15 is 0 Å². The Balaban J connectivity index is 2.44. The number of nitrogens with zero attached hydrogens (tertiary/aromatic N) is 4. The highest BCUT2D eigenvalue weighted by atomic mass is 32.1. The van der Waals surface area contributed by atoms with E-state index in [1.165, 1.54) is 16.0 Å². The monoisotopic (exact) mass is 293 g/mol. The van der Waals surface area contributed by atoms with Crippen LogP contribution in [0.1, 0.15) is 26.5 Å². The van der Waals surface area contributed by atoms with Gasteiger partial charge < -0.3 is 5.32 Å². The van der Waals surface area contributed by atoms with Crippen molar-refractivity contribution in [3.05, 3.63) is 22.1 Å². The molecule has 0 saturated carbocycles. The number of aromatic nitrogens is 4. The van der Waals surface area contributed by atoms with E-state index < -0.39 is 0 Å². The summed E-state index contributed by atoms with van der Waals surface area (Å²) >= 11 is 1.39. The molecule has 0 bridgehead atoms. The highest BCUT2D eigenvalue weighted by molar-refractivity contribution is 7.18. The summed E-state index contributed by atoms with van der Waals surface area (Å²) in [5.41, 5.74) is 1.27. The van der Waals surface area contributed by atoms with E-state index in [0.29, 0.717) is 23.0 Å². The molecule has 2 heterocycles. The van der Waals surface area contributed by atoms with Crippen LogP contribution in [0.15, 0.2) is 10.9 Å². The maximum Gasteiger partial charge on any atom is 0.277 e. The fraction of sp³-hybridized carbons (Fsp3) is 0.538. The molecule has 6 nitrogen and oxygen atoms in total. The van der Waals surface area contributed by atoms with Crippen molar-refractivity contribution in [1.82, 2.24) is 20.0 Å². The zero-order valence-electron chi connectivity index (χ0n) is 12.2. The lowest BCUT2D eigenvalue weighted by molar-refractivity contribution is 0.461. The molecule has 0 aromatic carbocycles. The normalized spacial score (nSPS) is 11.1. The highest BCUT2D eigenvalue weighted by Gasteiger charge is 2.14. The molecular formula is C13H19N5OS. The lowest BCUT2D eigenvalue weighted by Crippen LogP contribution is -2.27. The quantitative estimate of drug-likeness (QED) is 0.914. The third-order valence-electron chi connectivity index (χ3n) is 2.62. The number of rotatable bonds is 5. The molecule has 0 fully saturated rings. The smallest absolute Gasteiger partial charge is 0.277 e. The van der Waals surface area contributed by atoms with Crippen molar-refractivity contribution in [3.63, 3.8) is 0 Å². The van der Waals surface area contributed by atoms with Crippen molar-refractivity contribution in [3.8, 4) is 10.6 Å². The molecule has 0 amide bonds. The first-order valence-corrected chi connectivity index (χ1v) is 7.49. The maximum absolute atomic E-state index is 12.4. The Morgan fingerprint density at radius 3 is 2.80 bits per heavy atom. The number of hydrogen-bond acceptors (Lipinski definition) is 6. The third-order valence-corrected chi connectivity index (χ3v) is 3.53. The van der Waals surface area contributed by atoms with Gasteiger partial charge in [-0.1, -0.05) is 25.2 Å². The Hall–Kier alpha value is -1.76. The average Bonchev–Trinajstić information content (AvgIpc) is 2.81. The molecule has 0 aliphatic carbocycles. The van der Waals surface area contributed by atoms with Crippen LogP contribution in [-0.4, -0.2) is 26.5 Å². The van der Waals surface area contributed by atoms with Gasteiger partial charge in [-0.2, -0.15) is 5.10 Å². The lowest BCUT2D eigenvalue weighted by atomic mass is 10.2. The van der Waals surface area contributed by atoms with Gasteiger partial charge in [0.15, 0.2) is 5.01 Å². The van der Waals surface area contributed by atoms with Gasteiger partial charge in [-0.3, -0.25) is 4.79 Å². The van der Waals surface area contributed by atoms with Crippen LogP contribution < -0.4 is 10.9 Å². The van der Waals surface area contributed by atoms with Crippen LogP contribution in [0.3, 0.4) is 0 Å². The lowest BCUT2D eigenvalue weighted by Gasteiger charge is -2.09. The summed E-state index contributed by atoms with van der Waals surface area (Å²) in [6.07, 6.45) is 0. The number of hydrogen-bond donors (Lipinski definition) is 1. The number of aryl methyl sites for hydroxylation is 1. The van der Waals surface area contributed by atoms with Gasteiger partial charge in [-0.15, -0.1) is 10.2 Å². The van der Waals surface area contributed by atoms with Crippen LogP contribution in [-0.2, 0) is 6.54 Å². The summed E-state index contributed by atoms with van der Waals surface area (Å²) in [5.74, 6) is 0.363. The molecule has 7 heteroatoms. The van der Waals surface area contributed by atoms with Crippen LogP contribution in [0.25, 0.3) is 10.6 Å². The predicted octanol–water partition coefficient (Wildman–Crippen LogP) is 2.16. The largest absolute Gasteiger partial charge is 0.360 e. The molecule has 0 aliphatic heterocycles. The Labute approximate surface area is 121 Å². The molecule has 2 aromatic heterocycles. The Kier molecular flexibility index (Phi) is 4.49. The molecular weight excluding hydrogens is 274 g/mol. The summed E-state index contributed by atoms with van der Waals surface area (Å²) < 4.78 is 1.52. The van der Waals surface area contributed by atoms with Crippen molar-refractivity contribution in [2.75, 3.05) is 11.9 Å². The third kappa shape index (κ3) is 3.22. The summed E-state index contributed by atoms with van der Waals surface area (Å²) in [6, 6.07) is 1.77. The molecule has 2 rings (SSSR count). The highest BCUT2D eigenvalue weighted by Crippen LogP contribution is 2.23. The topological polar surface area (TPSA) is 72.7 Å². The number of anilines is 1. The predicted molar refractivity (Wildman–Crippen MR) is 81.1 cm³/mol. The molecule has 0 aliphatic rings. The molecule has 1 N–H and O–H groups in total. The average molecular weight is 293 g/mol. The van der Waals surface area contributed by atoms with Gasteiger partial charge in [0.05, 0.1) is 11.3 Å². The summed E-state index contributed by atoms with van der Waals surface area (Å²) in [4.78, 5) is 12.4. The zero-order chi connectivity index (χ0) is 14.7. The first-order chi connectivity index (χ1) is 9.51. The van der Waals surface area contributed by atoms with Gasteiger partial charge in [0.1, 0.15) is 0 Å². The van der Waals surface area contributed by atoms with Crippen LogP contribution in [0.4, 0.5) is 5.13 Å². The van der Waals surface area contributed by atoms with E-state index in [-0.39, 0.29) is 5.56 Å². The van der Waals surface area contributed by atoms with E-state index in [1.54, 1.807) is 6.07 Å². The van der Waals surface area contributed by atoms with Crippen molar-refractivity contribution >= 4 is 16.5 Å². The van der Waals surface area contributed by atoms with Crippen molar-refractivity contribution in [2.45, 2.75) is 34.2 Å². The summed E-state index contributed by atoms with van der Waals surface area (Å²) in [7, 11) is 0. The molecule has 0 radical (unpaired) electrons. The number of nitrogens with one attached hydrogen (secondary N) is 1. The van der Waals surface area contributed by atoms with Gasteiger partial charge in [0, 0.05) is 13.1 Å². The van der Waals surface area contributed by atoms with Gasteiger partial charge in [0.25, 0.3) is 5.56 Å². The van der Waals surface area contributed by atoms with E-state index in [9.17, 15) is 4.79 Å². The second kappa shape index (κ2) is 6.13. The van der Waals surface area contributed by atoms with E-state index in [0.717, 1.165) is 17.4 Å². The minimum Gasteiger partial charge on any atom is -0.360 e. The van der Waals surface area contributed by atoms with Crippen LogP contribution in [0.5, 0.6) is 0 Å². The van der Waals surface area contributed by atoms with Gasteiger partial charge >= 0.3 is 0 Å². The molecule has 2 aromatic rings. The Morgan fingerprint density at radius 1 is 1.40 bits per heavy atom. The van der Waals surface area contributed by atoms with E-state index in [4.69, 9.17) is 0 Å². The maximum atomic E-state index is 12.4. The van der Waals surface area contributed by atoms with Gasteiger partial charge in [0.2, 0.25) is 5.13 Å². The zero-order valence-corrected chi connectivity index (χ0v) is 13.0. The minimum absolute atomic E-state index is 0.108. The van der Waals surface area contributed by atoms with Gasteiger partial charge in [-0.25, -0.2) is 4.68 Å².